The molecule has 0 aromatic heterocycles. The van der Waals surface area contributed by atoms with Crippen LogP contribution in [0.4, 0.5) is 0 Å². The zero-order chi connectivity index (χ0) is 10.2. The molecule has 16 heavy (non-hydrogen) atoms. The van der Waals surface area contributed by atoms with Crippen LogP contribution >= 0.6 is 0 Å². The molecule has 8 aliphatic carbocycles. The van der Waals surface area contributed by atoms with Gasteiger partial charge in [0.05, 0.1) is 0 Å². The maximum atomic E-state index is 12.4. The second-order valence-corrected chi connectivity index (χ2v) is 7.52. The van der Waals surface area contributed by atoms with Gasteiger partial charge in [-0.3, -0.25) is 9.59 Å². The lowest BCUT2D eigenvalue weighted by molar-refractivity contribution is -0.145. The molecular formula is C14H12O2. The van der Waals surface area contributed by atoms with Gasteiger partial charge in [0.25, 0.3) is 0 Å². The van der Waals surface area contributed by atoms with Gasteiger partial charge in [0.2, 0.25) is 0 Å². The number of Topliss-reactive ketones (excluding diaryl/α,β-unsaturated/α-hetero) is 2. The van der Waals surface area contributed by atoms with Gasteiger partial charge in [-0.25, -0.2) is 0 Å². The van der Waals surface area contributed by atoms with Crippen LogP contribution in [0.25, 0.3) is 0 Å². The molecule has 6 bridgehead atoms. The van der Waals surface area contributed by atoms with Crippen molar-refractivity contribution in [1.29, 1.82) is 0 Å². The van der Waals surface area contributed by atoms with Crippen molar-refractivity contribution in [3.63, 3.8) is 0 Å². The second kappa shape index (κ2) is 1.36. The van der Waals surface area contributed by atoms with Gasteiger partial charge in [-0.15, -0.1) is 0 Å². The highest BCUT2D eigenvalue weighted by Gasteiger charge is 3.10. The maximum Gasteiger partial charge on any atom is 0.141 e. The lowest BCUT2D eigenvalue weighted by atomic mass is 9.59. The summed E-state index contributed by atoms with van der Waals surface area (Å²) in [6.07, 6.45) is 2.70. The molecule has 0 saturated heterocycles. The lowest BCUT2D eigenvalue weighted by Crippen LogP contribution is -2.47. The third-order valence-corrected chi connectivity index (χ3v) is 8.43. The summed E-state index contributed by atoms with van der Waals surface area (Å²) in [5.74, 6) is 5.04. The SMILES string of the molecule is O=C1C2C3C(=O)C4C1C15C2C2CCC1C45C23. The Balaban J connectivity index is 1.75. The molecule has 0 aromatic carbocycles. The number of rotatable bonds is 0. The standard InChI is InChI=1S/C14H12O2/c15-11-5-6-8-3-1-2-4-13(7(3)5)9(11)10(12(6)16)14(4,8)13/h3-10H,1-2H2. The number of carbonyl (C=O) groups excluding carboxylic acids is 2. The van der Waals surface area contributed by atoms with E-state index in [1.807, 2.05) is 0 Å². The summed E-state index contributed by atoms with van der Waals surface area (Å²) in [7, 11) is 0. The van der Waals surface area contributed by atoms with Crippen LogP contribution in [0, 0.1) is 58.2 Å². The van der Waals surface area contributed by atoms with Crippen LogP contribution in [0.2, 0.25) is 0 Å². The molecule has 0 radical (unpaired) electrons. The highest BCUT2D eigenvalue weighted by molar-refractivity contribution is 6.10. The van der Waals surface area contributed by atoms with Crippen molar-refractivity contribution in [1.82, 2.24) is 0 Å². The van der Waals surface area contributed by atoms with Crippen LogP contribution in [0.15, 0.2) is 0 Å². The molecule has 8 atom stereocenters. The zero-order valence-corrected chi connectivity index (χ0v) is 8.85. The summed E-state index contributed by atoms with van der Waals surface area (Å²) in [4.78, 5) is 24.9. The highest BCUT2D eigenvalue weighted by atomic mass is 16.1. The molecule has 0 aromatic rings. The Morgan fingerprint density at radius 1 is 0.875 bits per heavy atom. The van der Waals surface area contributed by atoms with Gasteiger partial charge in [0, 0.05) is 23.7 Å². The minimum absolute atomic E-state index is 0.227. The fraction of sp³-hybridized carbons (Fsp3) is 0.857. The molecule has 80 valence electrons. The predicted octanol–water partition coefficient (Wildman–Crippen LogP) is 0.902. The molecule has 8 aliphatic rings. The van der Waals surface area contributed by atoms with E-state index in [1.165, 1.54) is 12.8 Å². The molecular weight excluding hydrogens is 200 g/mol. The van der Waals surface area contributed by atoms with Crippen molar-refractivity contribution in [3.8, 4) is 0 Å². The van der Waals surface area contributed by atoms with Crippen LogP contribution in [0.5, 0.6) is 0 Å². The molecule has 0 N–H and O–H groups in total. The molecule has 8 unspecified atom stereocenters. The van der Waals surface area contributed by atoms with E-state index in [9.17, 15) is 9.59 Å². The van der Waals surface area contributed by atoms with Crippen LogP contribution in [-0.2, 0) is 9.59 Å². The first-order chi connectivity index (χ1) is 7.79. The minimum Gasteiger partial charge on any atom is -0.299 e. The summed E-state index contributed by atoms with van der Waals surface area (Å²) < 4.78 is 0. The molecule has 0 aliphatic heterocycles. The van der Waals surface area contributed by atoms with E-state index in [4.69, 9.17) is 0 Å². The molecule has 0 amide bonds. The van der Waals surface area contributed by atoms with Crippen molar-refractivity contribution in [2.75, 3.05) is 0 Å². The molecule has 0 heterocycles. The van der Waals surface area contributed by atoms with E-state index in [1.54, 1.807) is 0 Å². The Kier molecular flexibility index (Phi) is 0.588. The van der Waals surface area contributed by atoms with Gasteiger partial charge in [0.1, 0.15) is 11.6 Å². The van der Waals surface area contributed by atoms with Crippen molar-refractivity contribution in [3.05, 3.63) is 0 Å². The van der Waals surface area contributed by atoms with E-state index in [-0.39, 0.29) is 23.7 Å². The Labute approximate surface area is 92.8 Å². The van der Waals surface area contributed by atoms with Gasteiger partial charge < -0.3 is 0 Å². The number of hydrogen-bond donors (Lipinski definition) is 0. The van der Waals surface area contributed by atoms with Crippen molar-refractivity contribution < 1.29 is 9.59 Å². The predicted molar refractivity (Wildman–Crippen MR) is 52.0 cm³/mol. The van der Waals surface area contributed by atoms with Gasteiger partial charge in [0.15, 0.2) is 0 Å². The smallest absolute Gasteiger partial charge is 0.141 e. The molecule has 8 rings (SSSR count). The van der Waals surface area contributed by atoms with Crippen molar-refractivity contribution in [2.24, 2.45) is 58.2 Å². The quantitative estimate of drug-likeness (QED) is 0.598. The number of hydrogen-bond acceptors (Lipinski definition) is 2. The van der Waals surface area contributed by atoms with E-state index < -0.39 is 0 Å². The number of ketones is 2. The van der Waals surface area contributed by atoms with Crippen molar-refractivity contribution in [2.45, 2.75) is 12.8 Å². The summed E-state index contributed by atoms with van der Waals surface area (Å²) in [5.41, 5.74) is 0.880. The van der Waals surface area contributed by atoms with Crippen molar-refractivity contribution >= 4 is 11.6 Å². The lowest BCUT2D eigenvalue weighted by Gasteiger charge is -2.41. The van der Waals surface area contributed by atoms with Gasteiger partial charge in [-0.2, -0.15) is 0 Å². The monoisotopic (exact) mass is 212 g/mol. The third-order valence-electron chi connectivity index (χ3n) is 8.43. The Morgan fingerprint density at radius 3 is 2.00 bits per heavy atom. The first-order valence-corrected chi connectivity index (χ1v) is 6.86. The van der Waals surface area contributed by atoms with E-state index in [0.717, 1.165) is 11.8 Å². The largest absolute Gasteiger partial charge is 0.299 e. The molecule has 8 saturated carbocycles. The van der Waals surface area contributed by atoms with E-state index in [0.29, 0.717) is 34.2 Å². The van der Waals surface area contributed by atoms with Gasteiger partial charge >= 0.3 is 0 Å². The fourth-order valence-electron chi connectivity index (χ4n) is 9.16. The molecule has 2 heteroatoms. The Hall–Kier alpha value is -0.660. The summed E-state index contributed by atoms with van der Waals surface area (Å²) in [6.45, 7) is 0. The Morgan fingerprint density at radius 2 is 1.44 bits per heavy atom. The zero-order valence-electron chi connectivity index (χ0n) is 8.85. The third kappa shape index (κ3) is 0.266. The maximum absolute atomic E-state index is 12.4. The minimum atomic E-state index is 0.227. The van der Waals surface area contributed by atoms with E-state index in [2.05, 4.69) is 0 Å². The van der Waals surface area contributed by atoms with Crippen LogP contribution < -0.4 is 0 Å². The van der Waals surface area contributed by atoms with E-state index >= 15 is 0 Å². The fourth-order valence-corrected chi connectivity index (χ4v) is 9.16. The van der Waals surface area contributed by atoms with Crippen LogP contribution in [0.3, 0.4) is 0 Å². The number of fused-ring (bicyclic) bond motifs is 3. The average molecular weight is 212 g/mol. The second-order valence-electron chi connectivity index (χ2n) is 7.52. The summed E-state index contributed by atoms with van der Waals surface area (Å²) in [5, 5.41) is 0. The normalized spacial score (nSPS) is 85.8. The number of carbonyl (C=O) groups is 2. The molecule has 8 fully saturated rings. The highest BCUT2D eigenvalue weighted by Crippen LogP contribution is 3.08. The Bertz CT molecular complexity index is 505. The first-order valence-electron chi connectivity index (χ1n) is 6.86. The van der Waals surface area contributed by atoms with Gasteiger partial charge in [-0.1, -0.05) is 0 Å². The average Bonchev–Trinajstić information content (AvgIpc) is 2.43. The van der Waals surface area contributed by atoms with Crippen LogP contribution in [-0.4, -0.2) is 11.6 Å². The molecule has 2 spiro atoms. The van der Waals surface area contributed by atoms with Gasteiger partial charge in [-0.05, 0) is 47.3 Å². The van der Waals surface area contributed by atoms with Crippen LogP contribution in [0.1, 0.15) is 12.8 Å². The summed E-state index contributed by atoms with van der Waals surface area (Å²) in [6, 6.07) is 0. The first kappa shape index (κ1) is 6.93. The summed E-state index contributed by atoms with van der Waals surface area (Å²) >= 11 is 0. The molecule has 2 nitrogen and oxygen atoms in total. The topological polar surface area (TPSA) is 34.1 Å².